The van der Waals surface area contributed by atoms with E-state index in [2.05, 4.69) is 9.97 Å². The maximum Gasteiger partial charge on any atom is 0.336 e. The number of nitrogens with zero attached hydrogens (tertiary/aromatic N) is 3. The fraction of sp³-hybridized carbons (Fsp3) is 0.143. The van der Waals surface area contributed by atoms with Crippen molar-refractivity contribution in [2.45, 2.75) is 6.54 Å². The molecule has 0 spiro atoms. The number of carboxylic acid groups (broad SMARTS) is 1. The van der Waals surface area contributed by atoms with Crippen LogP contribution in [0.1, 0.15) is 15.9 Å². The maximum absolute atomic E-state index is 12.4. The van der Waals surface area contributed by atoms with Crippen LogP contribution in [0.5, 0.6) is 0 Å². The van der Waals surface area contributed by atoms with Crippen LogP contribution < -0.4 is 11.2 Å². The molecule has 0 fully saturated rings. The molecular weight excluding hydrogens is 288 g/mol. The molecule has 0 saturated carbocycles. The summed E-state index contributed by atoms with van der Waals surface area (Å²) in [5, 5.41) is 9.19. The quantitative estimate of drug-likeness (QED) is 0.716. The Morgan fingerprint density at radius 2 is 2.05 bits per heavy atom. The number of fused-ring (bicyclic) bond motifs is 1. The molecule has 3 rings (SSSR count). The van der Waals surface area contributed by atoms with E-state index in [4.69, 9.17) is 0 Å². The van der Waals surface area contributed by atoms with Crippen molar-refractivity contribution in [3.05, 3.63) is 62.6 Å². The minimum atomic E-state index is -1.11. The van der Waals surface area contributed by atoms with Gasteiger partial charge in [0.2, 0.25) is 0 Å². The number of aromatic carboxylic acids is 1. The molecule has 0 bridgehead atoms. The summed E-state index contributed by atoms with van der Waals surface area (Å²) in [6.07, 6.45) is 1.33. The second-order valence-electron chi connectivity index (χ2n) is 4.80. The Balaban J connectivity index is 2.23. The molecule has 0 unspecified atom stereocenters. The largest absolute Gasteiger partial charge is 0.478 e. The van der Waals surface area contributed by atoms with Gasteiger partial charge in [0.15, 0.2) is 5.65 Å². The summed E-state index contributed by atoms with van der Waals surface area (Å²) in [4.78, 5) is 42.6. The number of aromatic amines is 1. The van der Waals surface area contributed by atoms with E-state index in [1.54, 1.807) is 18.2 Å². The van der Waals surface area contributed by atoms with Crippen molar-refractivity contribution in [3.8, 4) is 0 Å². The number of hydrogen-bond donors (Lipinski definition) is 2. The van der Waals surface area contributed by atoms with Crippen LogP contribution in [0, 0.1) is 0 Å². The Morgan fingerprint density at radius 3 is 2.77 bits per heavy atom. The summed E-state index contributed by atoms with van der Waals surface area (Å²) < 4.78 is 2.24. The van der Waals surface area contributed by atoms with Gasteiger partial charge >= 0.3 is 11.7 Å². The van der Waals surface area contributed by atoms with E-state index < -0.39 is 17.2 Å². The highest BCUT2D eigenvalue weighted by atomic mass is 16.4. The van der Waals surface area contributed by atoms with Crippen molar-refractivity contribution in [2.24, 2.45) is 7.05 Å². The molecular formula is C14H12N4O4. The second kappa shape index (κ2) is 4.99. The molecule has 8 heteroatoms. The first-order valence-corrected chi connectivity index (χ1v) is 6.45. The molecule has 22 heavy (non-hydrogen) atoms. The molecule has 2 N–H and O–H groups in total. The van der Waals surface area contributed by atoms with Crippen molar-refractivity contribution < 1.29 is 9.90 Å². The number of carboxylic acids is 1. The highest BCUT2D eigenvalue weighted by Crippen LogP contribution is 2.10. The van der Waals surface area contributed by atoms with Crippen LogP contribution in [0.15, 0.2) is 40.2 Å². The SMILES string of the molecule is Cn1c(=O)n(Cc2ccccc2C(=O)O)c(=O)c2[nH]cnc21. The first kappa shape index (κ1) is 13.8. The van der Waals surface area contributed by atoms with E-state index >= 15 is 0 Å². The van der Waals surface area contributed by atoms with Crippen molar-refractivity contribution in [3.63, 3.8) is 0 Å². The summed E-state index contributed by atoms with van der Waals surface area (Å²) in [7, 11) is 1.50. The predicted molar refractivity (Wildman–Crippen MR) is 78.1 cm³/mol. The third-order valence-electron chi connectivity index (χ3n) is 3.49. The Labute approximate surface area is 123 Å². The van der Waals surface area contributed by atoms with Crippen LogP contribution in [0.3, 0.4) is 0 Å². The van der Waals surface area contributed by atoms with E-state index in [-0.39, 0.29) is 23.3 Å². The van der Waals surface area contributed by atoms with Gasteiger partial charge in [0.1, 0.15) is 5.52 Å². The van der Waals surface area contributed by atoms with Gasteiger partial charge in [-0.25, -0.2) is 14.6 Å². The zero-order chi connectivity index (χ0) is 15.9. The van der Waals surface area contributed by atoms with Crippen molar-refractivity contribution in [2.75, 3.05) is 0 Å². The lowest BCUT2D eigenvalue weighted by Crippen LogP contribution is -2.39. The summed E-state index contributed by atoms with van der Waals surface area (Å²) in [5.74, 6) is -1.11. The van der Waals surface area contributed by atoms with E-state index in [9.17, 15) is 19.5 Å². The first-order chi connectivity index (χ1) is 10.5. The number of carbonyl (C=O) groups is 1. The third-order valence-corrected chi connectivity index (χ3v) is 3.49. The summed E-state index contributed by atoms with van der Waals surface area (Å²) >= 11 is 0. The number of nitrogens with one attached hydrogen (secondary N) is 1. The van der Waals surface area contributed by atoms with Crippen molar-refractivity contribution in [1.29, 1.82) is 0 Å². The fourth-order valence-corrected chi connectivity index (χ4v) is 2.37. The number of rotatable bonds is 3. The molecule has 0 aliphatic heterocycles. The zero-order valence-electron chi connectivity index (χ0n) is 11.6. The third kappa shape index (κ3) is 2.01. The summed E-state index contributed by atoms with van der Waals surface area (Å²) in [6.45, 7) is -0.122. The number of H-pyrrole nitrogens is 1. The number of imidazole rings is 1. The fourth-order valence-electron chi connectivity index (χ4n) is 2.37. The Bertz CT molecular complexity index is 996. The van der Waals surface area contributed by atoms with Crippen LogP contribution in [0.25, 0.3) is 11.2 Å². The van der Waals surface area contributed by atoms with Gasteiger partial charge in [-0.3, -0.25) is 13.9 Å². The molecule has 0 aliphatic rings. The molecule has 8 nitrogen and oxygen atoms in total. The number of aryl methyl sites for hydroxylation is 1. The smallest absolute Gasteiger partial charge is 0.336 e. The van der Waals surface area contributed by atoms with Gasteiger partial charge in [-0.2, -0.15) is 0 Å². The van der Waals surface area contributed by atoms with Gasteiger partial charge < -0.3 is 10.1 Å². The maximum atomic E-state index is 12.4. The lowest BCUT2D eigenvalue weighted by atomic mass is 10.1. The molecule has 0 saturated heterocycles. The van der Waals surface area contributed by atoms with Crippen LogP contribution in [-0.4, -0.2) is 30.2 Å². The van der Waals surface area contributed by atoms with Gasteiger partial charge in [-0.15, -0.1) is 0 Å². The summed E-state index contributed by atoms with van der Waals surface area (Å²) in [6, 6.07) is 6.26. The van der Waals surface area contributed by atoms with Crippen LogP contribution >= 0.6 is 0 Å². The molecule has 0 atom stereocenters. The van der Waals surface area contributed by atoms with E-state index in [1.807, 2.05) is 0 Å². The molecule has 1 aromatic carbocycles. The second-order valence-corrected chi connectivity index (χ2v) is 4.80. The lowest BCUT2D eigenvalue weighted by Gasteiger charge is -2.09. The minimum absolute atomic E-state index is 0.0566. The lowest BCUT2D eigenvalue weighted by molar-refractivity contribution is 0.0695. The topological polar surface area (TPSA) is 110 Å². The van der Waals surface area contributed by atoms with Crippen molar-refractivity contribution >= 4 is 17.1 Å². The van der Waals surface area contributed by atoms with Crippen LogP contribution in [0.4, 0.5) is 0 Å². The van der Waals surface area contributed by atoms with E-state index in [1.165, 1.54) is 24.0 Å². The Kier molecular flexibility index (Phi) is 3.13. The van der Waals surface area contributed by atoms with Gasteiger partial charge in [0.05, 0.1) is 18.4 Å². The standard InChI is InChI=1S/C14H12N4O4/c1-17-11-10(15-7-16-11)12(19)18(14(17)22)6-8-4-2-3-5-9(8)13(20)21/h2-5,7H,6H2,1H3,(H,15,16)(H,20,21). The molecule has 3 aromatic rings. The Morgan fingerprint density at radius 1 is 1.32 bits per heavy atom. The monoisotopic (exact) mass is 300 g/mol. The normalized spacial score (nSPS) is 11.0. The van der Waals surface area contributed by atoms with E-state index in [0.29, 0.717) is 5.56 Å². The molecule has 112 valence electrons. The average molecular weight is 300 g/mol. The van der Waals surface area contributed by atoms with Gasteiger partial charge in [-0.05, 0) is 11.6 Å². The molecule has 0 radical (unpaired) electrons. The highest BCUT2D eigenvalue weighted by molar-refractivity contribution is 5.89. The van der Waals surface area contributed by atoms with Crippen LogP contribution in [-0.2, 0) is 13.6 Å². The number of hydrogen-bond acceptors (Lipinski definition) is 4. The molecule has 0 amide bonds. The highest BCUT2D eigenvalue weighted by Gasteiger charge is 2.16. The molecule has 2 heterocycles. The minimum Gasteiger partial charge on any atom is -0.478 e. The zero-order valence-corrected chi connectivity index (χ0v) is 11.6. The number of benzene rings is 1. The van der Waals surface area contributed by atoms with Gasteiger partial charge in [0.25, 0.3) is 5.56 Å². The Hall–Kier alpha value is -3.16. The first-order valence-electron chi connectivity index (χ1n) is 6.45. The molecule has 2 aromatic heterocycles. The van der Waals surface area contributed by atoms with Gasteiger partial charge in [-0.1, -0.05) is 18.2 Å². The average Bonchev–Trinajstić information content (AvgIpc) is 2.99. The van der Waals surface area contributed by atoms with E-state index in [0.717, 1.165) is 4.57 Å². The number of aromatic nitrogens is 4. The molecule has 0 aliphatic carbocycles. The predicted octanol–water partition coefficient (Wildman–Crippen LogP) is 0.170. The summed E-state index contributed by atoms with van der Waals surface area (Å²) in [5.41, 5.74) is -0.178. The van der Waals surface area contributed by atoms with Crippen LogP contribution in [0.2, 0.25) is 0 Å². The van der Waals surface area contributed by atoms with Crippen molar-refractivity contribution in [1.82, 2.24) is 19.1 Å². The van der Waals surface area contributed by atoms with Gasteiger partial charge in [0, 0.05) is 7.05 Å².